The predicted octanol–water partition coefficient (Wildman–Crippen LogP) is 4.74. The number of nitrogens with one attached hydrogen (secondary N) is 2. The van der Waals surface area contributed by atoms with Crippen molar-refractivity contribution in [2.24, 2.45) is 5.92 Å². The van der Waals surface area contributed by atoms with Gasteiger partial charge in [0.1, 0.15) is 17.7 Å². The molecule has 1 rings (SSSR count). The maximum absolute atomic E-state index is 13.6. The Morgan fingerprint density at radius 2 is 1.73 bits per heavy atom. The van der Waals surface area contributed by atoms with Gasteiger partial charge in [-0.15, -0.1) is 0 Å². The van der Waals surface area contributed by atoms with Crippen LogP contribution in [0.1, 0.15) is 84.4 Å². The summed E-state index contributed by atoms with van der Waals surface area (Å²) in [6.07, 6.45) is 3.00. The molecule has 0 saturated heterocycles. The van der Waals surface area contributed by atoms with Crippen LogP contribution in [0.15, 0.2) is 24.3 Å². The highest BCUT2D eigenvalue weighted by Gasteiger charge is 2.36. The SMILES string of the molecule is CCCCCNC(=O)C(c1ccccc1C)N(C)C(=O)C(NC(=O)OC(C)(C)C)C(C)CC. The summed E-state index contributed by atoms with van der Waals surface area (Å²) in [5.74, 6) is -0.693. The van der Waals surface area contributed by atoms with Crippen molar-refractivity contribution in [3.8, 4) is 0 Å². The Morgan fingerprint density at radius 3 is 2.27 bits per heavy atom. The molecule has 0 saturated carbocycles. The molecule has 2 N–H and O–H groups in total. The van der Waals surface area contributed by atoms with Crippen molar-refractivity contribution in [3.05, 3.63) is 35.4 Å². The quantitative estimate of drug-likeness (QED) is 0.466. The third kappa shape index (κ3) is 9.06. The lowest BCUT2D eigenvalue weighted by Crippen LogP contribution is -2.54. The van der Waals surface area contributed by atoms with Crippen molar-refractivity contribution in [3.63, 3.8) is 0 Å². The Bertz CT molecular complexity index is 788. The van der Waals surface area contributed by atoms with Crippen molar-refractivity contribution in [1.29, 1.82) is 0 Å². The second kappa shape index (κ2) is 13.2. The zero-order valence-corrected chi connectivity index (χ0v) is 21.7. The summed E-state index contributed by atoms with van der Waals surface area (Å²) in [5.41, 5.74) is 1.01. The van der Waals surface area contributed by atoms with E-state index in [0.717, 1.165) is 30.4 Å². The Kier molecular flexibility index (Phi) is 11.4. The number of nitrogens with zero attached hydrogens (tertiary/aromatic N) is 1. The maximum Gasteiger partial charge on any atom is 0.408 e. The fourth-order valence-corrected chi connectivity index (χ4v) is 3.57. The van der Waals surface area contributed by atoms with E-state index in [1.165, 1.54) is 4.90 Å². The molecule has 1 aromatic carbocycles. The average molecular weight is 462 g/mol. The summed E-state index contributed by atoms with van der Waals surface area (Å²) in [4.78, 5) is 40.8. The van der Waals surface area contributed by atoms with Gasteiger partial charge in [-0.25, -0.2) is 4.79 Å². The number of ether oxygens (including phenoxy) is 1. The van der Waals surface area contributed by atoms with Gasteiger partial charge in [0.15, 0.2) is 0 Å². The average Bonchev–Trinajstić information content (AvgIpc) is 2.74. The minimum atomic E-state index is -0.811. The minimum absolute atomic E-state index is 0.141. The number of hydrogen-bond acceptors (Lipinski definition) is 4. The number of carbonyl (C=O) groups is 3. The molecule has 7 nitrogen and oxygen atoms in total. The van der Waals surface area contributed by atoms with Gasteiger partial charge in [-0.2, -0.15) is 0 Å². The third-order valence-electron chi connectivity index (χ3n) is 5.70. The summed E-state index contributed by atoms with van der Waals surface area (Å²) < 4.78 is 5.38. The molecule has 0 radical (unpaired) electrons. The van der Waals surface area contributed by atoms with E-state index < -0.39 is 23.8 Å². The highest BCUT2D eigenvalue weighted by molar-refractivity contribution is 5.92. The first-order valence-electron chi connectivity index (χ1n) is 12.0. The van der Waals surface area contributed by atoms with Crippen LogP contribution in [-0.2, 0) is 14.3 Å². The fraction of sp³-hybridized carbons (Fsp3) is 0.654. The zero-order valence-electron chi connectivity index (χ0n) is 21.7. The van der Waals surface area contributed by atoms with Crippen LogP contribution in [0, 0.1) is 12.8 Å². The van der Waals surface area contributed by atoms with Gasteiger partial charge in [-0.1, -0.05) is 64.3 Å². The molecule has 0 bridgehead atoms. The van der Waals surface area contributed by atoms with E-state index >= 15 is 0 Å². The van der Waals surface area contributed by atoms with Gasteiger partial charge in [0.25, 0.3) is 0 Å². The van der Waals surface area contributed by atoms with E-state index in [1.54, 1.807) is 27.8 Å². The fourth-order valence-electron chi connectivity index (χ4n) is 3.57. The van der Waals surface area contributed by atoms with Crippen LogP contribution < -0.4 is 10.6 Å². The predicted molar refractivity (Wildman–Crippen MR) is 132 cm³/mol. The van der Waals surface area contributed by atoms with Crippen LogP contribution in [0.2, 0.25) is 0 Å². The molecule has 0 aliphatic heterocycles. The molecule has 0 spiro atoms. The number of likely N-dealkylation sites (N-methyl/N-ethyl adjacent to an activating group) is 1. The lowest BCUT2D eigenvalue weighted by atomic mass is 9.95. The zero-order chi connectivity index (χ0) is 25.2. The van der Waals surface area contributed by atoms with Crippen LogP contribution in [0.25, 0.3) is 0 Å². The lowest BCUT2D eigenvalue weighted by molar-refractivity contribution is -0.141. The standard InChI is InChI=1S/C26H43N3O4/c1-9-11-14-17-27-23(30)22(20-16-13-12-15-19(20)4)29(8)24(31)21(18(3)10-2)28-25(32)33-26(5,6)7/h12-13,15-16,18,21-22H,9-11,14,17H2,1-8H3,(H,27,30)(H,28,32). The molecule has 0 fully saturated rings. The van der Waals surface area contributed by atoms with E-state index in [9.17, 15) is 14.4 Å². The smallest absolute Gasteiger partial charge is 0.408 e. The molecule has 3 amide bonds. The molecular weight excluding hydrogens is 418 g/mol. The molecule has 0 aliphatic carbocycles. The van der Waals surface area contributed by atoms with Crippen LogP contribution in [-0.4, -0.2) is 48.0 Å². The first kappa shape index (κ1) is 28.5. The van der Waals surface area contributed by atoms with Crippen LogP contribution in [0.3, 0.4) is 0 Å². The Labute approximate surface area is 199 Å². The first-order valence-corrected chi connectivity index (χ1v) is 12.0. The summed E-state index contributed by atoms with van der Waals surface area (Å²) in [6.45, 7) is 13.8. The van der Waals surface area contributed by atoms with Gasteiger partial charge in [-0.05, 0) is 51.2 Å². The molecule has 7 heteroatoms. The molecule has 3 atom stereocenters. The number of carbonyl (C=O) groups excluding carboxylic acids is 3. The highest BCUT2D eigenvalue weighted by Crippen LogP contribution is 2.25. The second-order valence-electron chi connectivity index (χ2n) is 9.72. The molecular formula is C26H43N3O4. The summed E-state index contributed by atoms with van der Waals surface area (Å²) in [5, 5.41) is 5.73. The van der Waals surface area contributed by atoms with E-state index in [1.807, 2.05) is 45.0 Å². The molecule has 186 valence electrons. The molecule has 0 heterocycles. The second-order valence-corrected chi connectivity index (χ2v) is 9.72. The summed E-state index contributed by atoms with van der Waals surface area (Å²) >= 11 is 0. The van der Waals surface area contributed by atoms with Crippen molar-refractivity contribution >= 4 is 17.9 Å². The lowest BCUT2D eigenvalue weighted by Gasteiger charge is -2.34. The minimum Gasteiger partial charge on any atom is -0.444 e. The topological polar surface area (TPSA) is 87.7 Å². The monoisotopic (exact) mass is 461 g/mol. The Morgan fingerprint density at radius 1 is 1.09 bits per heavy atom. The van der Waals surface area contributed by atoms with Crippen molar-refractivity contribution in [1.82, 2.24) is 15.5 Å². The van der Waals surface area contributed by atoms with Crippen LogP contribution in [0.5, 0.6) is 0 Å². The van der Waals surface area contributed by atoms with Crippen LogP contribution in [0.4, 0.5) is 4.79 Å². The summed E-state index contributed by atoms with van der Waals surface area (Å²) in [7, 11) is 1.62. The number of aryl methyl sites for hydroxylation is 1. The maximum atomic E-state index is 13.6. The van der Waals surface area contributed by atoms with E-state index in [4.69, 9.17) is 4.74 Å². The van der Waals surface area contributed by atoms with Gasteiger partial charge in [0.2, 0.25) is 11.8 Å². The number of alkyl carbamates (subject to hydrolysis) is 1. The van der Waals surface area contributed by atoms with Gasteiger partial charge in [-0.3, -0.25) is 9.59 Å². The van der Waals surface area contributed by atoms with Crippen molar-refractivity contribution in [2.45, 2.75) is 91.8 Å². The normalized spacial score (nSPS) is 14.1. The van der Waals surface area contributed by atoms with E-state index in [-0.39, 0.29) is 17.7 Å². The van der Waals surface area contributed by atoms with Gasteiger partial charge in [0, 0.05) is 13.6 Å². The highest BCUT2D eigenvalue weighted by atomic mass is 16.6. The molecule has 3 unspecified atom stereocenters. The van der Waals surface area contributed by atoms with Crippen LogP contribution >= 0.6 is 0 Å². The van der Waals surface area contributed by atoms with E-state index in [0.29, 0.717) is 13.0 Å². The number of hydrogen-bond donors (Lipinski definition) is 2. The van der Waals surface area contributed by atoms with Crippen molar-refractivity contribution in [2.75, 3.05) is 13.6 Å². The Balaban J connectivity index is 3.21. The van der Waals surface area contributed by atoms with Crippen molar-refractivity contribution < 1.29 is 19.1 Å². The third-order valence-corrected chi connectivity index (χ3v) is 5.70. The Hall–Kier alpha value is -2.57. The molecule has 33 heavy (non-hydrogen) atoms. The number of benzene rings is 1. The number of amides is 3. The van der Waals surface area contributed by atoms with E-state index in [2.05, 4.69) is 17.6 Å². The molecule has 0 aromatic heterocycles. The number of rotatable bonds is 11. The summed E-state index contributed by atoms with van der Waals surface area (Å²) in [6, 6.07) is 5.96. The van der Waals surface area contributed by atoms with Gasteiger partial charge >= 0.3 is 6.09 Å². The molecule has 1 aromatic rings. The largest absolute Gasteiger partial charge is 0.444 e. The number of unbranched alkanes of at least 4 members (excludes halogenated alkanes) is 2. The molecule has 0 aliphatic rings. The first-order chi connectivity index (χ1) is 15.4. The van der Waals surface area contributed by atoms with Gasteiger partial charge < -0.3 is 20.3 Å². The van der Waals surface area contributed by atoms with Gasteiger partial charge in [0.05, 0.1) is 0 Å².